The van der Waals surface area contributed by atoms with Crippen molar-refractivity contribution in [3.63, 3.8) is 0 Å². The topological polar surface area (TPSA) is 33.1 Å². The summed E-state index contributed by atoms with van der Waals surface area (Å²) in [5.74, 6) is 0. The third-order valence-corrected chi connectivity index (χ3v) is 1.74. The van der Waals surface area contributed by atoms with Gasteiger partial charge in [0.15, 0.2) is 0 Å². The molecule has 1 N–H and O–H groups in total. The van der Waals surface area contributed by atoms with Crippen LogP contribution >= 0.6 is 0 Å². The maximum atomic E-state index is 9.71. The number of hydrogen-bond acceptors (Lipinski definition) is 2. The summed E-state index contributed by atoms with van der Waals surface area (Å²) in [6, 6.07) is 3.79. The van der Waals surface area contributed by atoms with Gasteiger partial charge in [0.25, 0.3) is 0 Å². The van der Waals surface area contributed by atoms with E-state index in [1.165, 1.54) is 0 Å². The first kappa shape index (κ1) is 9.20. The average molecular weight is 164 g/mol. The molecule has 0 aliphatic rings. The minimum Gasteiger partial charge on any atom is -0.384 e. The van der Waals surface area contributed by atoms with Crippen molar-refractivity contribution in [2.45, 2.75) is 25.9 Å². The van der Waals surface area contributed by atoms with E-state index in [2.05, 4.69) is 11.9 Å². The third-order valence-electron chi connectivity index (χ3n) is 1.74. The highest BCUT2D eigenvalue weighted by molar-refractivity contribution is 5.24. The molecule has 0 aromatic carbocycles. The zero-order valence-corrected chi connectivity index (χ0v) is 7.54. The van der Waals surface area contributed by atoms with E-state index in [-0.39, 0.29) is 0 Å². The number of pyridine rings is 1. The van der Waals surface area contributed by atoms with Gasteiger partial charge in [0, 0.05) is 6.20 Å². The molecule has 1 heterocycles. The summed E-state index contributed by atoms with van der Waals surface area (Å²) >= 11 is 0. The molecule has 0 aliphatic heterocycles. The van der Waals surface area contributed by atoms with E-state index in [0.29, 0.717) is 6.42 Å². The molecule has 0 bridgehead atoms. The number of aliphatic hydroxyl groups is 1. The molecule has 0 aliphatic carbocycles. The SMILES string of the molecule is [CH2]Cc1cccnc1C(C)(C)O. The smallest absolute Gasteiger partial charge is 0.101 e. The maximum Gasteiger partial charge on any atom is 0.101 e. The average Bonchev–Trinajstić information content (AvgIpc) is 2.03. The van der Waals surface area contributed by atoms with E-state index in [1.807, 2.05) is 12.1 Å². The number of rotatable bonds is 2. The fourth-order valence-electron chi connectivity index (χ4n) is 1.19. The first-order valence-corrected chi connectivity index (χ1v) is 4.01. The summed E-state index contributed by atoms with van der Waals surface area (Å²) in [5, 5.41) is 9.71. The van der Waals surface area contributed by atoms with Crippen molar-refractivity contribution in [1.29, 1.82) is 0 Å². The zero-order chi connectivity index (χ0) is 9.19. The third kappa shape index (κ3) is 1.83. The molecule has 1 rings (SSSR count). The lowest BCUT2D eigenvalue weighted by molar-refractivity contribution is 0.0729. The van der Waals surface area contributed by atoms with Gasteiger partial charge in [0.2, 0.25) is 0 Å². The van der Waals surface area contributed by atoms with Crippen LogP contribution in [0.15, 0.2) is 18.3 Å². The lowest BCUT2D eigenvalue weighted by Gasteiger charge is -2.19. The highest BCUT2D eigenvalue weighted by Gasteiger charge is 2.20. The quantitative estimate of drug-likeness (QED) is 0.721. The van der Waals surface area contributed by atoms with Crippen molar-refractivity contribution in [2.75, 3.05) is 0 Å². The van der Waals surface area contributed by atoms with Crippen molar-refractivity contribution in [3.8, 4) is 0 Å². The van der Waals surface area contributed by atoms with Crippen LogP contribution in [0.25, 0.3) is 0 Å². The van der Waals surface area contributed by atoms with Gasteiger partial charge in [-0.2, -0.15) is 0 Å². The van der Waals surface area contributed by atoms with Crippen molar-refractivity contribution in [1.82, 2.24) is 4.98 Å². The predicted octanol–water partition coefficient (Wildman–Crippen LogP) is 1.69. The highest BCUT2D eigenvalue weighted by atomic mass is 16.3. The molecule has 2 nitrogen and oxygen atoms in total. The van der Waals surface area contributed by atoms with Gasteiger partial charge in [0.1, 0.15) is 5.60 Å². The van der Waals surface area contributed by atoms with E-state index >= 15 is 0 Å². The monoisotopic (exact) mass is 164 g/mol. The molecule has 1 aromatic rings. The highest BCUT2D eigenvalue weighted by Crippen LogP contribution is 2.20. The van der Waals surface area contributed by atoms with Gasteiger partial charge in [-0.15, -0.1) is 0 Å². The Hall–Kier alpha value is -0.890. The van der Waals surface area contributed by atoms with Crippen LogP contribution in [0.3, 0.4) is 0 Å². The minimum absolute atomic E-state index is 0.660. The molecule has 2 heteroatoms. The van der Waals surface area contributed by atoms with Crippen LogP contribution in [-0.2, 0) is 12.0 Å². The molecule has 65 valence electrons. The van der Waals surface area contributed by atoms with Gasteiger partial charge in [-0.05, 0) is 38.8 Å². The Bertz CT molecular complexity index is 263. The predicted molar refractivity (Wildman–Crippen MR) is 48.5 cm³/mol. The van der Waals surface area contributed by atoms with Crippen LogP contribution in [0.1, 0.15) is 25.1 Å². The fourth-order valence-corrected chi connectivity index (χ4v) is 1.19. The van der Waals surface area contributed by atoms with Gasteiger partial charge >= 0.3 is 0 Å². The van der Waals surface area contributed by atoms with Gasteiger partial charge in [-0.3, -0.25) is 4.98 Å². The lowest BCUT2D eigenvalue weighted by atomic mass is 9.98. The van der Waals surface area contributed by atoms with Crippen molar-refractivity contribution in [3.05, 3.63) is 36.5 Å². The van der Waals surface area contributed by atoms with E-state index in [4.69, 9.17) is 0 Å². The molecule has 12 heavy (non-hydrogen) atoms. The largest absolute Gasteiger partial charge is 0.384 e. The molecular weight excluding hydrogens is 150 g/mol. The normalized spacial score (nSPS) is 11.7. The van der Waals surface area contributed by atoms with Crippen molar-refractivity contribution >= 4 is 0 Å². The summed E-state index contributed by atoms with van der Waals surface area (Å²) in [6.07, 6.45) is 2.35. The van der Waals surface area contributed by atoms with Crippen LogP contribution in [0, 0.1) is 6.92 Å². The Morgan fingerprint density at radius 3 is 2.67 bits per heavy atom. The molecule has 0 unspecified atom stereocenters. The molecule has 0 saturated carbocycles. The van der Waals surface area contributed by atoms with Crippen LogP contribution in [0.5, 0.6) is 0 Å². The van der Waals surface area contributed by atoms with E-state index in [0.717, 1.165) is 11.3 Å². The molecule has 0 spiro atoms. The standard InChI is InChI=1S/C10H14NO/c1-4-8-6-5-7-11-9(8)10(2,3)12/h5-7,12H,1,4H2,2-3H3. The fraction of sp³-hybridized carbons (Fsp3) is 0.400. The van der Waals surface area contributed by atoms with Crippen LogP contribution in [0.2, 0.25) is 0 Å². The molecule has 0 atom stereocenters. The Morgan fingerprint density at radius 1 is 1.58 bits per heavy atom. The molecule has 0 saturated heterocycles. The van der Waals surface area contributed by atoms with Gasteiger partial charge < -0.3 is 5.11 Å². The van der Waals surface area contributed by atoms with E-state index < -0.39 is 5.60 Å². The second-order valence-corrected chi connectivity index (χ2v) is 3.32. The summed E-state index contributed by atoms with van der Waals surface area (Å²) in [6.45, 7) is 7.24. The summed E-state index contributed by atoms with van der Waals surface area (Å²) < 4.78 is 0. The first-order chi connectivity index (χ1) is 5.55. The second-order valence-electron chi connectivity index (χ2n) is 3.32. The lowest BCUT2D eigenvalue weighted by Crippen LogP contribution is -2.19. The Kier molecular flexibility index (Phi) is 2.48. The van der Waals surface area contributed by atoms with Gasteiger partial charge in [0.05, 0.1) is 5.69 Å². The molecule has 0 amide bonds. The number of nitrogens with zero attached hydrogens (tertiary/aromatic N) is 1. The Labute approximate surface area is 73.3 Å². The summed E-state index contributed by atoms with van der Waals surface area (Å²) in [5.41, 5.74) is 0.860. The second kappa shape index (κ2) is 3.23. The first-order valence-electron chi connectivity index (χ1n) is 4.01. The maximum absolute atomic E-state index is 9.71. The summed E-state index contributed by atoms with van der Waals surface area (Å²) in [7, 11) is 0. The number of hydrogen-bond donors (Lipinski definition) is 1. The van der Waals surface area contributed by atoms with Crippen molar-refractivity contribution < 1.29 is 5.11 Å². The van der Waals surface area contributed by atoms with Gasteiger partial charge in [-0.1, -0.05) is 6.07 Å². The Morgan fingerprint density at radius 2 is 2.25 bits per heavy atom. The van der Waals surface area contributed by atoms with E-state index in [9.17, 15) is 5.11 Å². The van der Waals surface area contributed by atoms with Crippen LogP contribution in [0.4, 0.5) is 0 Å². The summed E-state index contributed by atoms with van der Waals surface area (Å²) in [4.78, 5) is 4.13. The van der Waals surface area contributed by atoms with Crippen LogP contribution < -0.4 is 0 Å². The van der Waals surface area contributed by atoms with Crippen molar-refractivity contribution in [2.24, 2.45) is 0 Å². The number of aromatic nitrogens is 1. The minimum atomic E-state index is -0.867. The molecule has 1 aromatic heterocycles. The zero-order valence-electron chi connectivity index (χ0n) is 7.54. The molecule has 0 fully saturated rings. The van der Waals surface area contributed by atoms with E-state index in [1.54, 1.807) is 20.0 Å². The molecule has 1 radical (unpaired) electrons. The Balaban J connectivity index is 3.14. The molecular formula is C10H14NO. The van der Waals surface area contributed by atoms with Gasteiger partial charge in [-0.25, -0.2) is 0 Å². The van der Waals surface area contributed by atoms with Crippen LogP contribution in [-0.4, -0.2) is 10.1 Å².